The molecular weight excluding hydrogens is 302 g/mol. The normalized spacial score (nSPS) is 12.0. The number of carbonyl (C=O) groups is 2. The van der Waals surface area contributed by atoms with Gasteiger partial charge in [0.15, 0.2) is 0 Å². The van der Waals surface area contributed by atoms with Gasteiger partial charge in [-0.05, 0) is 37.4 Å². The molecule has 2 amide bonds. The van der Waals surface area contributed by atoms with Crippen LogP contribution in [0.4, 0.5) is 0 Å². The highest BCUT2D eigenvalue weighted by molar-refractivity contribution is 6.33. The Labute approximate surface area is 136 Å². The van der Waals surface area contributed by atoms with Crippen molar-refractivity contribution >= 4 is 23.4 Å². The lowest BCUT2D eigenvalue weighted by Crippen LogP contribution is -2.50. The zero-order chi connectivity index (χ0) is 16.5. The van der Waals surface area contributed by atoms with Gasteiger partial charge in [-0.2, -0.15) is 0 Å². The highest BCUT2D eigenvalue weighted by Gasteiger charge is 2.24. The van der Waals surface area contributed by atoms with E-state index in [1.165, 1.54) is 0 Å². The third kappa shape index (κ3) is 5.66. The lowest BCUT2D eigenvalue weighted by atomic mass is 10.0. The van der Waals surface area contributed by atoms with Gasteiger partial charge in [-0.3, -0.25) is 9.59 Å². The van der Waals surface area contributed by atoms with E-state index in [0.717, 1.165) is 12.8 Å². The molecule has 0 aliphatic rings. The molecule has 0 aliphatic carbocycles. The smallest absolute Gasteiger partial charge is 0.253 e. The van der Waals surface area contributed by atoms with E-state index in [9.17, 15) is 9.59 Å². The first-order valence-electron chi connectivity index (χ1n) is 7.50. The molecule has 0 fully saturated rings. The number of amides is 2. The largest absolute Gasteiger partial charge is 0.354 e. The van der Waals surface area contributed by atoms with Crippen molar-refractivity contribution in [3.8, 4) is 0 Å². The highest BCUT2D eigenvalue weighted by atomic mass is 35.5. The second-order valence-electron chi connectivity index (χ2n) is 5.46. The molecule has 5 nitrogen and oxygen atoms in total. The summed E-state index contributed by atoms with van der Waals surface area (Å²) in [5.41, 5.74) is 5.78. The Morgan fingerprint density at radius 3 is 2.50 bits per heavy atom. The molecule has 6 heteroatoms. The molecule has 1 aromatic carbocycles. The minimum atomic E-state index is -0.596. The Hall–Kier alpha value is -1.59. The molecule has 1 atom stereocenters. The SMILES string of the molecule is CC(C)C(NC(=O)c1ccccc1Cl)C(=O)NCCCCN. The molecule has 0 saturated heterocycles. The van der Waals surface area contributed by atoms with Crippen LogP contribution in [0.25, 0.3) is 0 Å². The molecule has 0 aliphatic heterocycles. The van der Waals surface area contributed by atoms with Crippen LogP contribution in [0.3, 0.4) is 0 Å². The molecule has 1 rings (SSSR count). The van der Waals surface area contributed by atoms with E-state index in [-0.39, 0.29) is 17.7 Å². The maximum atomic E-state index is 12.3. The fourth-order valence-electron chi connectivity index (χ4n) is 1.99. The predicted molar refractivity (Wildman–Crippen MR) is 88.8 cm³/mol. The lowest BCUT2D eigenvalue weighted by Gasteiger charge is -2.22. The van der Waals surface area contributed by atoms with Gasteiger partial charge in [-0.15, -0.1) is 0 Å². The summed E-state index contributed by atoms with van der Waals surface area (Å²) in [4.78, 5) is 24.5. The maximum Gasteiger partial charge on any atom is 0.253 e. The van der Waals surface area contributed by atoms with Gasteiger partial charge in [0, 0.05) is 6.54 Å². The monoisotopic (exact) mass is 325 g/mol. The van der Waals surface area contributed by atoms with Gasteiger partial charge in [-0.1, -0.05) is 37.6 Å². The molecule has 22 heavy (non-hydrogen) atoms. The number of carbonyl (C=O) groups excluding carboxylic acids is 2. The van der Waals surface area contributed by atoms with Gasteiger partial charge >= 0.3 is 0 Å². The third-order valence-electron chi connectivity index (χ3n) is 3.28. The van der Waals surface area contributed by atoms with Gasteiger partial charge in [-0.25, -0.2) is 0 Å². The minimum Gasteiger partial charge on any atom is -0.354 e. The number of nitrogens with one attached hydrogen (secondary N) is 2. The van der Waals surface area contributed by atoms with E-state index in [2.05, 4.69) is 10.6 Å². The molecule has 1 aromatic rings. The van der Waals surface area contributed by atoms with Gasteiger partial charge in [0.2, 0.25) is 5.91 Å². The summed E-state index contributed by atoms with van der Waals surface area (Å²) in [6.07, 6.45) is 1.68. The van der Waals surface area contributed by atoms with Crippen molar-refractivity contribution < 1.29 is 9.59 Å². The zero-order valence-corrected chi connectivity index (χ0v) is 13.8. The molecular formula is C16H24ClN3O2. The standard InChI is InChI=1S/C16H24ClN3O2/c1-11(2)14(16(22)19-10-6-5-9-18)20-15(21)12-7-3-4-8-13(12)17/h3-4,7-8,11,14H,5-6,9-10,18H2,1-2H3,(H,19,22)(H,20,21). The van der Waals surface area contributed by atoms with Gasteiger partial charge < -0.3 is 16.4 Å². The van der Waals surface area contributed by atoms with E-state index < -0.39 is 6.04 Å². The first kappa shape index (κ1) is 18.5. The topological polar surface area (TPSA) is 84.2 Å². The van der Waals surface area contributed by atoms with Crippen LogP contribution in [-0.4, -0.2) is 30.9 Å². The average Bonchev–Trinajstić information content (AvgIpc) is 2.49. The van der Waals surface area contributed by atoms with Crippen molar-refractivity contribution in [2.45, 2.75) is 32.7 Å². The minimum absolute atomic E-state index is 0.0269. The van der Waals surface area contributed by atoms with Gasteiger partial charge in [0.1, 0.15) is 6.04 Å². The van der Waals surface area contributed by atoms with E-state index >= 15 is 0 Å². The average molecular weight is 326 g/mol. The summed E-state index contributed by atoms with van der Waals surface area (Å²) in [5.74, 6) is -0.560. The summed E-state index contributed by atoms with van der Waals surface area (Å²) < 4.78 is 0. The fraction of sp³-hybridized carbons (Fsp3) is 0.500. The van der Waals surface area contributed by atoms with E-state index in [0.29, 0.717) is 23.7 Å². The van der Waals surface area contributed by atoms with E-state index in [4.69, 9.17) is 17.3 Å². The molecule has 0 spiro atoms. The summed E-state index contributed by atoms with van der Waals surface area (Å²) in [7, 11) is 0. The number of benzene rings is 1. The summed E-state index contributed by atoms with van der Waals surface area (Å²) in [6.45, 7) is 4.93. The second kappa shape index (κ2) is 9.43. The van der Waals surface area contributed by atoms with Crippen LogP contribution < -0.4 is 16.4 Å². The first-order valence-corrected chi connectivity index (χ1v) is 7.88. The highest BCUT2D eigenvalue weighted by Crippen LogP contribution is 2.15. The zero-order valence-electron chi connectivity index (χ0n) is 13.1. The van der Waals surface area contributed by atoms with Crippen LogP contribution in [-0.2, 0) is 4.79 Å². The number of halogens is 1. The summed E-state index contributed by atoms with van der Waals surface area (Å²) >= 11 is 6.01. The number of hydrogen-bond acceptors (Lipinski definition) is 3. The third-order valence-corrected chi connectivity index (χ3v) is 3.61. The quantitative estimate of drug-likeness (QED) is 0.639. The van der Waals surface area contributed by atoms with Crippen molar-refractivity contribution in [1.82, 2.24) is 10.6 Å². The summed E-state index contributed by atoms with van der Waals surface area (Å²) in [6, 6.07) is 6.17. The van der Waals surface area contributed by atoms with Crippen LogP contribution >= 0.6 is 11.6 Å². The molecule has 1 unspecified atom stereocenters. The molecule has 0 radical (unpaired) electrons. The number of hydrogen-bond donors (Lipinski definition) is 3. The van der Waals surface area contributed by atoms with Crippen molar-refractivity contribution in [3.05, 3.63) is 34.9 Å². The number of rotatable bonds is 8. The Morgan fingerprint density at radius 1 is 1.23 bits per heavy atom. The van der Waals surface area contributed by atoms with Crippen LogP contribution in [0, 0.1) is 5.92 Å². The van der Waals surface area contributed by atoms with Gasteiger partial charge in [0.25, 0.3) is 5.91 Å². The van der Waals surface area contributed by atoms with Crippen molar-refractivity contribution in [2.24, 2.45) is 11.7 Å². The Morgan fingerprint density at radius 2 is 1.91 bits per heavy atom. The molecule has 0 aromatic heterocycles. The number of nitrogens with two attached hydrogens (primary N) is 1. The first-order chi connectivity index (χ1) is 10.5. The van der Waals surface area contributed by atoms with Crippen molar-refractivity contribution in [2.75, 3.05) is 13.1 Å². The Bertz CT molecular complexity index is 506. The molecule has 0 heterocycles. The van der Waals surface area contributed by atoms with E-state index in [1.54, 1.807) is 24.3 Å². The van der Waals surface area contributed by atoms with Crippen LogP contribution in [0.1, 0.15) is 37.0 Å². The Balaban J connectivity index is 2.66. The van der Waals surface area contributed by atoms with Crippen molar-refractivity contribution in [1.29, 1.82) is 0 Å². The summed E-state index contributed by atoms with van der Waals surface area (Å²) in [5, 5.41) is 5.95. The van der Waals surface area contributed by atoms with E-state index in [1.807, 2.05) is 13.8 Å². The number of unbranched alkanes of at least 4 members (excludes halogenated alkanes) is 1. The molecule has 122 valence electrons. The lowest BCUT2D eigenvalue weighted by molar-refractivity contribution is -0.123. The van der Waals surface area contributed by atoms with Crippen LogP contribution in [0.5, 0.6) is 0 Å². The molecule has 0 bridgehead atoms. The predicted octanol–water partition coefficient (Wildman–Crippen LogP) is 1.95. The Kier molecular flexibility index (Phi) is 7.91. The maximum absolute atomic E-state index is 12.3. The van der Waals surface area contributed by atoms with Crippen LogP contribution in [0.2, 0.25) is 5.02 Å². The van der Waals surface area contributed by atoms with Crippen LogP contribution in [0.15, 0.2) is 24.3 Å². The molecule has 0 saturated carbocycles. The fourth-order valence-corrected chi connectivity index (χ4v) is 2.21. The molecule has 4 N–H and O–H groups in total. The van der Waals surface area contributed by atoms with Crippen molar-refractivity contribution in [3.63, 3.8) is 0 Å². The van der Waals surface area contributed by atoms with Gasteiger partial charge in [0.05, 0.1) is 10.6 Å². The second-order valence-corrected chi connectivity index (χ2v) is 5.87.